The fraction of sp³-hybridized carbons (Fsp3) is 0.714. The third kappa shape index (κ3) is 2.51. The highest BCUT2D eigenvalue weighted by molar-refractivity contribution is 5.00. The molecule has 0 fully saturated rings. The van der Waals surface area contributed by atoms with Gasteiger partial charge in [0, 0.05) is 5.41 Å². The highest BCUT2D eigenvalue weighted by Gasteiger charge is 2.16. The third-order valence-electron chi connectivity index (χ3n) is 1.13. The summed E-state index contributed by atoms with van der Waals surface area (Å²) in [5.41, 5.74) is 0.0312. The number of nitrogens with two attached hydrogens (primary N) is 1. The zero-order valence-electron chi connectivity index (χ0n) is 6.56. The van der Waals surface area contributed by atoms with Crippen LogP contribution in [-0.2, 0) is 4.84 Å². The molecule has 0 aliphatic carbocycles. The van der Waals surface area contributed by atoms with Crippen LogP contribution in [0.4, 0.5) is 0 Å². The molecule has 2 heteroatoms. The lowest BCUT2D eigenvalue weighted by Crippen LogP contribution is -2.15. The van der Waals surface area contributed by atoms with Crippen LogP contribution in [0.25, 0.3) is 0 Å². The smallest absolute Gasteiger partial charge is 0.124 e. The lowest BCUT2D eigenvalue weighted by atomic mass is 9.94. The summed E-state index contributed by atoms with van der Waals surface area (Å²) in [6, 6.07) is 0. The molecule has 0 saturated carbocycles. The number of allylic oxidation sites excluding steroid dienone is 2. The van der Waals surface area contributed by atoms with Crippen molar-refractivity contribution in [2.24, 2.45) is 11.3 Å². The Balaban J connectivity index is 4.14. The summed E-state index contributed by atoms with van der Waals surface area (Å²) in [5, 5.41) is 0. The molecule has 0 spiro atoms. The Hall–Kier alpha value is -0.500. The number of hydrogen-bond acceptors (Lipinski definition) is 2. The summed E-state index contributed by atoms with van der Waals surface area (Å²) >= 11 is 0. The van der Waals surface area contributed by atoms with Crippen molar-refractivity contribution < 1.29 is 4.84 Å². The average molecular weight is 129 g/mol. The van der Waals surface area contributed by atoms with Crippen LogP contribution in [0.15, 0.2) is 11.8 Å². The Morgan fingerprint density at radius 2 is 1.89 bits per heavy atom. The molecular formula is C7H15NO. The van der Waals surface area contributed by atoms with Gasteiger partial charge >= 0.3 is 0 Å². The fourth-order valence-corrected chi connectivity index (χ4v) is 0.678. The summed E-state index contributed by atoms with van der Waals surface area (Å²) in [6.45, 7) is 8.06. The van der Waals surface area contributed by atoms with E-state index < -0.39 is 0 Å². The van der Waals surface area contributed by atoms with Crippen molar-refractivity contribution in [2.45, 2.75) is 27.7 Å². The van der Waals surface area contributed by atoms with Gasteiger partial charge in [0.1, 0.15) is 5.76 Å². The van der Waals surface area contributed by atoms with Gasteiger partial charge in [-0.1, -0.05) is 20.8 Å². The summed E-state index contributed by atoms with van der Waals surface area (Å²) in [4.78, 5) is 4.62. The molecule has 0 unspecified atom stereocenters. The minimum absolute atomic E-state index is 0.0312. The number of hydrogen-bond donors (Lipinski definition) is 1. The normalized spacial score (nSPS) is 13.7. The van der Waals surface area contributed by atoms with Crippen LogP contribution in [0, 0.1) is 5.41 Å². The minimum atomic E-state index is 0.0312. The lowest BCUT2D eigenvalue weighted by molar-refractivity contribution is 0.155. The van der Waals surface area contributed by atoms with E-state index in [1.54, 1.807) is 0 Å². The SMILES string of the molecule is C/C=C(/ON)C(C)(C)C. The Morgan fingerprint density at radius 1 is 1.44 bits per heavy atom. The molecule has 0 atom stereocenters. The maximum atomic E-state index is 5.00. The van der Waals surface area contributed by atoms with Crippen LogP contribution in [0.1, 0.15) is 27.7 Å². The van der Waals surface area contributed by atoms with Crippen LogP contribution in [0.2, 0.25) is 0 Å². The second-order valence-corrected chi connectivity index (χ2v) is 3.02. The molecule has 0 rings (SSSR count). The van der Waals surface area contributed by atoms with Crippen molar-refractivity contribution in [2.75, 3.05) is 0 Å². The molecular weight excluding hydrogens is 114 g/mol. The molecule has 0 aromatic heterocycles. The molecule has 2 N–H and O–H groups in total. The van der Waals surface area contributed by atoms with Gasteiger partial charge in [-0.2, -0.15) is 5.90 Å². The first-order valence-electron chi connectivity index (χ1n) is 3.06. The average Bonchev–Trinajstić information content (AvgIpc) is 1.65. The Kier molecular flexibility index (Phi) is 2.71. The maximum Gasteiger partial charge on any atom is 0.124 e. The van der Waals surface area contributed by atoms with Crippen LogP contribution >= 0.6 is 0 Å². The largest absolute Gasteiger partial charge is 0.416 e. The van der Waals surface area contributed by atoms with Crippen molar-refractivity contribution in [3.05, 3.63) is 11.8 Å². The molecule has 2 nitrogen and oxygen atoms in total. The topological polar surface area (TPSA) is 35.2 Å². The van der Waals surface area contributed by atoms with E-state index in [9.17, 15) is 0 Å². The van der Waals surface area contributed by atoms with E-state index in [1.807, 2.05) is 13.0 Å². The lowest BCUT2D eigenvalue weighted by Gasteiger charge is -2.19. The highest BCUT2D eigenvalue weighted by atomic mass is 16.6. The first kappa shape index (κ1) is 8.50. The molecule has 0 heterocycles. The van der Waals surface area contributed by atoms with E-state index in [-0.39, 0.29) is 5.41 Å². The molecule has 0 amide bonds. The van der Waals surface area contributed by atoms with E-state index in [4.69, 9.17) is 5.90 Å². The van der Waals surface area contributed by atoms with Crippen LogP contribution in [-0.4, -0.2) is 0 Å². The second-order valence-electron chi connectivity index (χ2n) is 3.02. The predicted octanol–water partition coefficient (Wildman–Crippen LogP) is 1.83. The van der Waals surface area contributed by atoms with Gasteiger partial charge in [0.2, 0.25) is 0 Å². The van der Waals surface area contributed by atoms with Gasteiger partial charge in [-0.3, -0.25) is 0 Å². The summed E-state index contributed by atoms with van der Waals surface area (Å²) in [7, 11) is 0. The van der Waals surface area contributed by atoms with Gasteiger partial charge in [0.15, 0.2) is 0 Å². The molecule has 9 heavy (non-hydrogen) atoms. The quantitative estimate of drug-likeness (QED) is 0.433. The monoisotopic (exact) mass is 129 g/mol. The predicted molar refractivity (Wildman–Crippen MR) is 38.5 cm³/mol. The van der Waals surface area contributed by atoms with Crippen molar-refractivity contribution in [3.8, 4) is 0 Å². The molecule has 0 aliphatic heterocycles. The molecule has 0 aliphatic rings. The zero-order chi connectivity index (χ0) is 7.49. The minimum Gasteiger partial charge on any atom is -0.416 e. The van der Waals surface area contributed by atoms with Crippen LogP contribution in [0.5, 0.6) is 0 Å². The molecule has 54 valence electrons. The van der Waals surface area contributed by atoms with Crippen LogP contribution in [0.3, 0.4) is 0 Å². The van der Waals surface area contributed by atoms with Gasteiger partial charge in [-0.15, -0.1) is 0 Å². The van der Waals surface area contributed by atoms with E-state index in [0.29, 0.717) is 0 Å². The molecule has 0 saturated heterocycles. The van der Waals surface area contributed by atoms with Crippen molar-refractivity contribution in [3.63, 3.8) is 0 Å². The third-order valence-corrected chi connectivity index (χ3v) is 1.13. The summed E-state index contributed by atoms with van der Waals surface area (Å²) in [5.74, 6) is 5.82. The van der Waals surface area contributed by atoms with E-state index >= 15 is 0 Å². The van der Waals surface area contributed by atoms with Gasteiger partial charge in [-0.25, -0.2) is 0 Å². The molecule has 0 bridgehead atoms. The number of rotatable bonds is 1. The van der Waals surface area contributed by atoms with E-state index in [1.165, 1.54) is 0 Å². The molecule has 0 aromatic carbocycles. The zero-order valence-corrected chi connectivity index (χ0v) is 6.56. The summed E-state index contributed by atoms with van der Waals surface area (Å²) < 4.78 is 0. The Morgan fingerprint density at radius 3 is 1.89 bits per heavy atom. The molecule has 0 aromatic rings. The first-order chi connectivity index (χ1) is 4.02. The first-order valence-corrected chi connectivity index (χ1v) is 3.06. The highest BCUT2D eigenvalue weighted by Crippen LogP contribution is 2.23. The molecule has 0 radical (unpaired) electrons. The summed E-state index contributed by atoms with van der Waals surface area (Å²) in [6.07, 6.45) is 1.88. The van der Waals surface area contributed by atoms with Crippen molar-refractivity contribution in [1.29, 1.82) is 0 Å². The Bertz CT molecular complexity index is 111. The second kappa shape index (κ2) is 2.87. The van der Waals surface area contributed by atoms with Crippen molar-refractivity contribution in [1.82, 2.24) is 0 Å². The van der Waals surface area contributed by atoms with Gasteiger partial charge in [0.25, 0.3) is 0 Å². The maximum absolute atomic E-state index is 5.00. The fourth-order valence-electron chi connectivity index (χ4n) is 0.678. The van der Waals surface area contributed by atoms with Gasteiger partial charge in [-0.05, 0) is 13.0 Å². The standard InChI is InChI=1S/C7H15NO/c1-5-6(9-8)7(2,3)4/h5H,8H2,1-4H3/b6-5+. The van der Waals surface area contributed by atoms with Gasteiger partial charge in [0.05, 0.1) is 0 Å². The van der Waals surface area contributed by atoms with E-state index in [2.05, 4.69) is 25.6 Å². The Labute approximate surface area is 56.6 Å². The van der Waals surface area contributed by atoms with E-state index in [0.717, 1.165) is 5.76 Å². The van der Waals surface area contributed by atoms with Crippen molar-refractivity contribution >= 4 is 0 Å². The van der Waals surface area contributed by atoms with Gasteiger partial charge < -0.3 is 4.84 Å². The van der Waals surface area contributed by atoms with Crippen LogP contribution < -0.4 is 5.90 Å².